The summed E-state index contributed by atoms with van der Waals surface area (Å²) >= 11 is 3.47. The van der Waals surface area contributed by atoms with Gasteiger partial charge >= 0.3 is 0 Å². The first kappa shape index (κ1) is 13.5. The van der Waals surface area contributed by atoms with Gasteiger partial charge in [0.1, 0.15) is 22.4 Å². The third-order valence-corrected chi connectivity index (χ3v) is 4.10. The van der Waals surface area contributed by atoms with Gasteiger partial charge < -0.3 is 15.5 Å². The van der Waals surface area contributed by atoms with E-state index in [1.807, 2.05) is 0 Å². The van der Waals surface area contributed by atoms with E-state index in [0.29, 0.717) is 5.82 Å². The summed E-state index contributed by atoms with van der Waals surface area (Å²) in [5.41, 5.74) is 5.79. The largest absolute Gasteiger partial charge is 0.383 e. The second-order valence-corrected chi connectivity index (χ2v) is 5.88. The lowest BCUT2D eigenvalue weighted by molar-refractivity contribution is 0.284. The summed E-state index contributed by atoms with van der Waals surface area (Å²) in [7, 11) is 4.27. The molecule has 100 valence electrons. The molecule has 18 heavy (non-hydrogen) atoms. The zero-order chi connectivity index (χ0) is 13.1. The van der Waals surface area contributed by atoms with Crippen LogP contribution in [0.1, 0.15) is 12.8 Å². The highest BCUT2D eigenvalue weighted by atomic mass is 79.9. The highest BCUT2D eigenvalue weighted by Gasteiger charge is 2.22. The van der Waals surface area contributed by atoms with Crippen molar-refractivity contribution in [3.05, 3.63) is 10.8 Å². The van der Waals surface area contributed by atoms with E-state index in [0.717, 1.165) is 29.3 Å². The Kier molecular flexibility index (Phi) is 4.40. The van der Waals surface area contributed by atoms with E-state index >= 15 is 0 Å². The highest BCUT2D eigenvalue weighted by molar-refractivity contribution is 9.10. The Balaban J connectivity index is 1.99. The Morgan fingerprint density at radius 1 is 1.39 bits per heavy atom. The van der Waals surface area contributed by atoms with Crippen molar-refractivity contribution in [1.29, 1.82) is 0 Å². The molecule has 0 unspecified atom stereocenters. The fourth-order valence-electron chi connectivity index (χ4n) is 2.44. The Hall–Kier alpha value is -0.880. The van der Waals surface area contributed by atoms with Gasteiger partial charge in [0.15, 0.2) is 0 Å². The zero-order valence-corrected chi connectivity index (χ0v) is 12.5. The summed E-state index contributed by atoms with van der Waals surface area (Å²) < 4.78 is 0.816. The van der Waals surface area contributed by atoms with Crippen LogP contribution < -0.4 is 10.6 Å². The number of nitrogens with two attached hydrogens (primary N) is 1. The van der Waals surface area contributed by atoms with Gasteiger partial charge in [0.2, 0.25) is 0 Å². The molecule has 2 rings (SSSR count). The predicted octanol–water partition coefficient (Wildman–Crippen LogP) is 1.60. The fourth-order valence-corrected chi connectivity index (χ4v) is 2.89. The third-order valence-electron chi connectivity index (χ3n) is 3.34. The average Bonchev–Trinajstić information content (AvgIpc) is 2.33. The molecule has 1 fully saturated rings. The van der Waals surface area contributed by atoms with Crippen LogP contribution in [-0.2, 0) is 0 Å². The lowest BCUT2D eigenvalue weighted by Gasteiger charge is -2.34. The van der Waals surface area contributed by atoms with Crippen LogP contribution in [0.4, 0.5) is 11.6 Å². The molecule has 1 aliphatic heterocycles. The van der Waals surface area contributed by atoms with Crippen molar-refractivity contribution < 1.29 is 0 Å². The minimum Gasteiger partial charge on any atom is -0.383 e. The Morgan fingerprint density at radius 3 is 2.67 bits per heavy atom. The van der Waals surface area contributed by atoms with Gasteiger partial charge in [0.25, 0.3) is 0 Å². The molecule has 2 heterocycles. The maximum absolute atomic E-state index is 5.79. The number of nitrogen functional groups attached to an aromatic ring is 1. The Bertz CT molecular complexity index is 401. The van der Waals surface area contributed by atoms with E-state index in [1.54, 1.807) is 0 Å². The monoisotopic (exact) mass is 313 g/mol. The van der Waals surface area contributed by atoms with Crippen LogP contribution in [-0.4, -0.2) is 48.6 Å². The molecule has 0 aliphatic carbocycles. The SMILES string of the molecule is CN(C)CC1CCN(c2ncnc(N)c2Br)CC1. The number of hydrogen-bond donors (Lipinski definition) is 1. The molecule has 0 spiro atoms. The summed E-state index contributed by atoms with van der Waals surface area (Å²) in [6.45, 7) is 3.24. The van der Waals surface area contributed by atoms with Crippen LogP contribution in [0.5, 0.6) is 0 Å². The summed E-state index contributed by atoms with van der Waals surface area (Å²) in [4.78, 5) is 12.9. The van der Waals surface area contributed by atoms with Crippen LogP contribution in [0, 0.1) is 5.92 Å². The topological polar surface area (TPSA) is 58.3 Å². The highest BCUT2D eigenvalue weighted by Crippen LogP contribution is 2.30. The maximum atomic E-state index is 5.79. The minimum absolute atomic E-state index is 0.510. The molecule has 0 atom stereocenters. The zero-order valence-electron chi connectivity index (χ0n) is 10.9. The first-order valence-corrected chi connectivity index (χ1v) is 7.03. The van der Waals surface area contributed by atoms with Gasteiger partial charge in [-0.3, -0.25) is 0 Å². The average molecular weight is 314 g/mol. The minimum atomic E-state index is 0.510. The van der Waals surface area contributed by atoms with Gasteiger partial charge in [-0.2, -0.15) is 0 Å². The van der Waals surface area contributed by atoms with Crippen LogP contribution in [0.2, 0.25) is 0 Å². The quantitative estimate of drug-likeness (QED) is 0.918. The standard InChI is InChI=1S/C12H20BrN5/c1-17(2)7-9-3-5-18(6-4-9)12-10(13)11(14)15-8-16-12/h8-9H,3-7H2,1-2H3,(H2,14,15,16). The molecular weight excluding hydrogens is 294 g/mol. The number of nitrogens with zero attached hydrogens (tertiary/aromatic N) is 4. The van der Waals surface area contributed by atoms with E-state index < -0.39 is 0 Å². The molecule has 1 saturated heterocycles. The van der Waals surface area contributed by atoms with Crippen molar-refractivity contribution in [2.75, 3.05) is 44.4 Å². The van der Waals surface area contributed by atoms with Crippen molar-refractivity contribution >= 4 is 27.6 Å². The summed E-state index contributed by atoms with van der Waals surface area (Å²) in [6, 6.07) is 0. The number of rotatable bonds is 3. The predicted molar refractivity (Wildman–Crippen MR) is 77.6 cm³/mol. The molecular formula is C12H20BrN5. The van der Waals surface area contributed by atoms with Crippen LogP contribution in [0.3, 0.4) is 0 Å². The van der Waals surface area contributed by atoms with Gasteiger partial charge in [-0.1, -0.05) is 0 Å². The van der Waals surface area contributed by atoms with E-state index in [1.165, 1.54) is 25.7 Å². The van der Waals surface area contributed by atoms with Crippen molar-refractivity contribution in [2.24, 2.45) is 5.92 Å². The summed E-state index contributed by atoms with van der Waals surface area (Å²) in [6.07, 6.45) is 3.93. The molecule has 0 saturated carbocycles. The number of anilines is 2. The maximum Gasteiger partial charge on any atom is 0.148 e. The molecule has 6 heteroatoms. The van der Waals surface area contributed by atoms with Crippen molar-refractivity contribution in [3.63, 3.8) is 0 Å². The van der Waals surface area contributed by atoms with Crippen LogP contribution in [0.15, 0.2) is 10.8 Å². The van der Waals surface area contributed by atoms with Gasteiger partial charge in [-0.05, 0) is 48.8 Å². The van der Waals surface area contributed by atoms with Crippen molar-refractivity contribution in [2.45, 2.75) is 12.8 Å². The second-order valence-electron chi connectivity index (χ2n) is 5.09. The molecule has 0 bridgehead atoms. The lowest BCUT2D eigenvalue weighted by Crippen LogP contribution is -2.37. The molecule has 1 aliphatic rings. The summed E-state index contributed by atoms with van der Waals surface area (Å²) in [5.74, 6) is 2.22. The lowest BCUT2D eigenvalue weighted by atomic mass is 9.96. The Morgan fingerprint density at radius 2 is 2.06 bits per heavy atom. The smallest absolute Gasteiger partial charge is 0.148 e. The number of hydrogen-bond acceptors (Lipinski definition) is 5. The van der Waals surface area contributed by atoms with Gasteiger partial charge in [0, 0.05) is 19.6 Å². The van der Waals surface area contributed by atoms with Crippen molar-refractivity contribution in [1.82, 2.24) is 14.9 Å². The fraction of sp³-hybridized carbons (Fsp3) is 0.667. The number of aromatic nitrogens is 2. The normalized spacial score (nSPS) is 17.4. The van der Waals surface area contributed by atoms with Crippen LogP contribution >= 0.6 is 15.9 Å². The van der Waals surface area contributed by atoms with E-state index in [2.05, 4.69) is 49.8 Å². The van der Waals surface area contributed by atoms with E-state index in [9.17, 15) is 0 Å². The van der Waals surface area contributed by atoms with Crippen molar-refractivity contribution in [3.8, 4) is 0 Å². The third kappa shape index (κ3) is 3.11. The second kappa shape index (κ2) is 5.84. The molecule has 2 N–H and O–H groups in total. The molecule has 1 aromatic rings. The molecule has 1 aromatic heterocycles. The van der Waals surface area contributed by atoms with Gasteiger partial charge in [-0.25, -0.2) is 9.97 Å². The summed E-state index contributed by atoms with van der Waals surface area (Å²) in [5, 5.41) is 0. The van der Waals surface area contributed by atoms with E-state index in [4.69, 9.17) is 5.73 Å². The first-order valence-electron chi connectivity index (χ1n) is 6.23. The van der Waals surface area contributed by atoms with Gasteiger partial charge in [0.05, 0.1) is 0 Å². The molecule has 5 nitrogen and oxygen atoms in total. The Labute approximate surface area is 117 Å². The molecule has 0 radical (unpaired) electrons. The van der Waals surface area contributed by atoms with E-state index in [-0.39, 0.29) is 0 Å². The van der Waals surface area contributed by atoms with Crippen LogP contribution in [0.25, 0.3) is 0 Å². The molecule has 0 aromatic carbocycles. The first-order chi connectivity index (χ1) is 8.58. The molecule has 0 amide bonds. The number of piperidine rings is 1. The van der Waals surface area contributed by atoms with Gasteiger partial charge in [-0.15, -0.1) is 0 Å². The number of halogens is 1.